The molecule has 0 bridgehead atoms. The van der Waals surface area contributed by atoms with Gasteiger partial charge in [0.25, 0.3) is 0 Å². The number of rotatable bonds is 12. The Kier molecular flexibility index (Phi) is 12.1. The number of hydrogen-bond acceptors (Lipinski definition) is 1. The topological polar surface area (TPSA) is 37.3 Å². The van der Waals surface area contributed by atoms with E-state index >= 15 is 0 Å². The zero-order valence-electron chi connectivity index (χ0n) is 12.2. The number of allylic oxidation sites excluding steroid dienone is 1. The fourth-order valence-electron chi connectivity index (χ4n) is 2.06. The van der Waals surface area contributed by atoms with Gasteiger partial charge in [-0.25, -0.2) is 4.79 Å². The van der Waals surface area contributed by atoms with Crippen molar-refractivity contribution in [2.45, 2.75) is 84.5 Å². The van der Waals surface area contributed by atoms with Gasteiger partial charge in [-0.1, -0.05) is 71.3 Å². The molecule has 2 heteroatoms. The van der Waals surface area contributed by atoms with Crippen LogP contribution in [0, 0.1) is 0 Å². The molecule has 0 saturated carbocycles. The van der Waals surface area contributed by atoms with E-state index in [1.165, 1.54) is 44.9 Å². The Morgan fingerprint density at radius 1 is 0.889 bits per heavy atom. The summed E-state index contributed by atoms with van der Waals surface area (Å²) in [6.45, 7) is 4.31. The molecule has 18 heavy (non-hydrogen) atoms. The molecule has 0 rings (SSSR count). The van der Waals surface area contributed by atoms with Crippen LogP contribution in [-0.2, 0) is 4.79 Å². The number of carboxylic acid groups (broad SMARTS) is 1. The van der Waals surface area contributed by atoms with Gasteiger partial charge in [0.2, 0.25) is 0 Å². The maximum absolute atomic E-state index is 11.0. The van der Waals surface area contributed by atoms with E-state index < -0.39 is 5.97 Å². The molecule has 1 N–H and O–H groups in total. The summed E-state index contributed by atoms with van der Waals surface area (Å²) in [4.78, 5) is 11.0. The maximum Gasteiger partial charge on any atom is 0.331 e. The Morgan fingerprint density at radius 2 is 1.44 bits per heavy atom. The second-order valence-corrected chi connectivity index (χ2v) is 5.05. The van der Waals surface area contributed by atoms with E-state index in [0.717, 1.165) is 25.7 Å². The number of carbonyl (C=O) groups is 1. The molecule has 0 aliphatic carbocycles. The molecular weight excluding hydrogens is 224 g/mol. The molecule has 0 aromatic carbocycles. The van der Waals surface area contributed by atoms with Crippen LogP contribution in [0.25, 0.3) is 0 Å². The van der Waals surface area contributed by atoms with E-state index in [-0.39, 0.29) is 0 Å². The Bertz CT molecular complexity index is 231. The van der Waals surface area contributed by atoms with Gasteiger partial charge in [-0.15, -0.1) is 0 Å². The van der Waals surface area contributed by atoms with Crippen molar-refractivity contribution in [3.05, 3.63) is 11.6 Å². The fraction of sp³-hybridized carbons (Fsp3) is 0.812. The van der Waals surface area contributed by atoms with Crippen molar-refractivity contribution in [2.75, 3.05) is 0 Å². The van der Waals surface area contributed by atoms with Gasteiger partial charge in [0, 0.05) is 5.57 Å². The SMILES string of the molecule is CCCC=C(CCCCCCCCCC)C(=O)O. The van der Waals surface area contributed by atoms with E-state index in [2.05, 4.69) is 13.8 Å². The van der Waals surface area contributed by atoms with Gasteiger partial charge in [-0.3, -0.25) is 0 Å². The molecule has 0 fully saturated rings. The largest absolute Gasteiger partial charge is 0.478 e. The summed E-state index contributed by atoms with van der Waals surface area (Å²) >= 11 is 0. The molecule has 0 aliphatic rings. The molecule has 0 atom stereocenters. The highest BCUT2D eigenvalue weighted by molar-refractivity contribution is 5.86. The second-order valence-electron chi connectivity index (χ2n) is 5.05. The first-order valence-corrected chi connectivity index (χ1v) is 7.64. The van der Waals surface area contributed by atoms with Crippen molar-refractivity contribution >= 4 is 5.97 Å². The van der Waals surface area contributed by atoms with E-state index in [0.29, 0.717) is 5.57 Å². The lowest BCUT2D eigenvalue weighted by molar-refractivity contribution is -0.132. The molecule has 0 aromatic rings. The molecule has 0 aliphatic heterocycles. The van der Waals surface area contributed by atoms with Gasteiger partial charge in [0.15, 0.2) is 0 Å². The minimum absolute atomic E-state index is 0.614. The monoisotopic (exact) mass is 254 g/mol. The second kappa shape index (κ2) is 12.7. The number of carboxylic acids is 1. The predicted octanol–water partition coefficient (Wildman–Crippen LogP) is 5.33. The molecule has 0 saturated heterocycles. The van der Waals surface area contributed by atoms with Gasteiger partial charge >= 0.3 is 5.97 Å². The molecular formula is C16H30O2. The van der Waals surface area contributed by atoms with E-state index in [1.807, 2.05) is 6.08 Å². The zero-order chi connectivity index (χ0) is 13.6. The number of aliphatic carboxylic acids is 1. The Labute approximate surface area is 112 Å². The maximum atomic E-state index is 11.0. The molecule has 106 valence electrons. The van der Waals surface area contributed by atoms with E-state index in [1.54, 1.807) is 0 Å². The minimum atomic E-state index is -0.730. The standard InChI is InChI=1S/C16H30O2/c1-3-5-7-8-9-10-11-12-14-15(16(17)18)13-6-4-2/h13H,3-12,14H2,1-2H3,(H,17,18). The molecule has 0 heterocycles. The van der Waals surface area contributed by atoms with Crippen LogP contribution in [0.15, 0.2) is 11.6 Å². The zero-order valence-corrected chi connectivity index (χ0v) is 12.2. The lowest BCUT2D eigenvalue weighted by Gasteiger charge is -2.03. The van der Waals surface area contributed by atoms with Crippen LogP contribution >= 0.6 is 0 Å². The van der Waals surface area contributed by atoms with Crippen molar-refractivity contribution < 1.29 is 9.90 Å². The molecule has 0 aromatic heterocycles. The first kappa shape index (κ1) is 17.2. The highest BCUT2D eigenvalue weighted by Gasteiger charge is 2.05. The van der Waals surface area contributed by atoms with Gasteiger partial charge in [-0.2, -0.15) is 0 Å². The summed E-state index contributed by atoms with van der Waals surface area (Å²) < 4.78 is 0. The van der Waals surface area contributed by atoms with Crippen LogP contribution in [0.4, 0.5) is 0 Å². The average molecular weight is 254 g/mol. The van der Waals surface area contributed by atoms with Crippen molar-refractivity contribution in [1.82, 2.24) is 0 Å². The highest BCUT2D eigenvalue weighted by atomic mass is 16.4. The van der Waals surface area contributed by atoms with Crippen LogP contribution in [0.5, 0.6) is 0 Å². The van der Waals surface area contributed by atoms with E-state index in [4.69, 9.17) is 5.11 Å². The number of hydrogen-bond donors (Lipinski definition) is 1. The van der Waals surface area contributed by atoms with Gasteiger partial charge in [-0.05, 0) is 19.3 Å². The van der Waals surface area contributed by atoms with Crippen LogP contribution in [0.3, 0.4) is 0 Å². The Morgan fingerprint density at radius 3 is 1.94 bits per heavy atom. The van der Waals surface area contributed by atoms with Crippen LogP contribution in [-0.4, -0.2) is 11.1 Å². The van der Waals surface area contributed by atoms with Crippen molar-refractivity contribution in [3.8, 4) is 0 Å². The van der Waals surface area contributed by atoms with Gasteiger partial charge in [0.1, 0.15) is 0 Å². The normalized spacial score (nSPS) is 11.8. The molecule has 0 radical (unpaired) electrons. The van der Waals surface area contributed by atoms with E-state index in [9.17, 15) is 4.79 Å². The quantitative estimate of drug-likeness (QED) is 0.377. The van der Waals surface area contributed by atoms with Crippen molar-refractivity contribution in [3.63, 3.8) is 0 Å². The molecule has 0 spiro atoms. The van der Waals surface area contributed by atoms with Crippen molar-refractivity contribution in [1.29, 1.82) is 0 Å². The summed E-state index contributed by atoms with van der Waals surface area (Å²) in [7, 11) is 0. The lowest BCUT2D eigenvalue weighted by atomic mass is 10.0. The summed E-state index contributed by atoms with van der Waals surface area (Å²) in [6.07, 6.45) is 14.6. The molecule has 0 unspecified atom stereocenters. The minimum Gasteiger partial charge on any atom is -0.478 e. The number of unbranched alkanes of at least 4 members (excludes halogenated alkanes) is 8. The summed E-state index contributed by atoms with van der Waals surface area (Å²) in [5.41, 5.74) is 0.614. The third-order valence-corrected chi connectivity index (χ3v) is 3.25. The first-order chi connectivity index (χ1) is 8.72. The molecule has 2 nitrogen and oxygen atoms in total. The highest BCUT2D eigenvalue weighted by Crippen LogP contribution is 2.14. The third kappa shape index (κ3) is 10.4. The molecule has 0 amide bonds. The van der Waals surface area contributed by atoms with Gasteiger partial charge < -0.3 is 5.11 Å². The Balaban J connectivity index is 3.53. The third-order valence-electron chi connectivity index (χ3n) is 3.25. The Hall–Kier alpha value is -0.790. The van der Waals surface area contributed by atoms with Crippen molar-refractivity contribution in [2.24, 2.45) is 0 Å². The van der Waals surface area contributed by atoms with Crippen LogP contribution < -0.4 is 0 Å². The van der Waals surface area contributed by atoms with Crippen LogP contribution in [0.2, 0.25) is 0 Å². The summed E-state index contributed by atoms with van der Waals surface area (Å²) in [6, 6.07) is 0. The first-order valence-electron chi connectivity index (χ1n) is 7.64. The summed E-state index contributed by atoms with van der Waals surface area (Å²) in [5, 5.41) is 9.03. The predicted molar refractivity (Wildman–Crippen MR) is 77.9 cm³/mol. The summed E-state index contributed by atoms with van der Waals surface area (Å²) in [5.74, 6) is -0.730. The van der Waals surface area contributed by atoms with Crippen LogP contribution in [0.1, 0.15) is 84.5 Å². The van der Waals surface area contributed by atoms with Gasteiger partial charge in [0.05, 0.1) is 0 Å². The smallest absolute Gasteiger partial charge is 0.331 e. The lowest BCUT2D eigenvalue weighted by Crippen LogP contribution is -2.00. The fourth-order valence-corrected chi connectivity index (χ4v) is 2.06. The average Bonchev–Trinajstić information content (AvgIpc) is 2.35.